The zero-order valence-corrected chi connectivity index (χ0v) is 12.8. The van der Waals surface area contributed by atoms with Gasteiger partial charge in [-0.15, -0.1) is 0 Å². The van der Waals surface area contributed by atoms with Crippen LogP contribution in [0.2, 0.25) is 0 Å². The molecule has 0 aromatic carbocycles. The first kappa shape index (κ1) is 172. The zero-order valence-electron chi connectivity index (χ0n) is 3.75. The van der Waals surface area contributed by atoms with Crippen LogP contribution >= 0.6 is 0 Å². The molecule has 0 rings (SSSR count). The molecule has 10 heteroatoms. The molecule has 0 bridgehead atoms. The third-order valence-corrected chi connectivity index (χ3v) is 0. The summed E-state index contributed by atoms with van der Waals surface area (Å²) >= 11 is 0. The van der Waals surface area contributed by atoms with E-state index in [1.54, 1.807) is 0 Å². The van der Waals surface area contributed by atoms with Gasteiger partial charge in [-0.25, -0.2) is 0 Å². The summed E-state index contributed by atoms with van der Waals surface area (Å²) in [5, 5.41) is 0. The molecule has 0 saturated carbocycles. The molecule has 0 atom stereocenters. The second-order valence-corrected chi connectivity index (χ2v) is 0. The molecule has 0 heterocycles. The molecule has 0 spiro atoms. The van der Waals surface area contributed by atoms with E-state index in [9.17, 15) is 0 Å². The van der Waals surface area contributed by atoms with Gasteiger partial charge in [-0.3, -0.25) is 0 Å². The molecule has 0 aromatic heterocycles. The molecule has 0 aromatic rings. The van der Waals surface area contributed by atoms with E-state index in [-0.39, 0.29) is 137 Å². The fourth-order valence-electron chi connectivity index (χ4n) is 0. The van der Waals surface area contributed by atoms with Crippen molar-refractivity contribution >= 4 is 0 Å². The number of hydrogen-bond donors (Lipinski definition) is 0. The molecule has 0 aliphatic heterocycles. The summed E-state index contributed by atoms with van der Waals surface area (Å²) in [5.41, 5.74) is 0. The quantitative estimate of drug-likeness (QED) is 0.330. The smallest absolute Gasteiger partial charge is 1.00 e. The fourth-order valence-corrected chi connectivity index (χ4v) is 0. The third kappa shape index (κ3) is 103. The zero-order chi connectivity index (χ0) is 0. The molecule has 0 unspecified atom stereocenters. The van der Waals surface area contributed by atoms with Crippen LogP contribution in [-0.2, 0) is 37.6 Å². The molecular weight excluding hydrogens is 438 g/mol. The monoisotopic (exact) mass is 436 g/mol. The predicted molar refractivity (Wildman–Crippen MR) is 0 cm³/mol. The van der Waals surface area contributed by atoms with Crippen molar-refractivity contribution < 1.29 is 137 Å². The van der Waals surface area contributed by atoms with Crippen molar-refractivity contribution in [2.75, 3.05) is 0 Å². The topological polar surface area (TPSA) is 0 Å². The average Bonchev–Trinajstić information content (AvgIpc) is 0. The van der Waals surface area contributed by atoms with Crippen molar-refractivity contribution in [3.63, 3.8) is 0 Å². The van der Waals surface area contributed by atoms with E-state index in [2.05, 4.69) is 0 Å². The van der Waals surface area contributed by atoms with Crippen LogP contribution in [0.1, 0.15) is 0 Å². The standard InChI is InChI=1S/8ClH.Mo.Ni/h8*1H;;/q;;;;;;;;;+2/p-8. The largest absolute Gasteiger partial charge is 2.00 e. The Morgan fingerprint density at radius 2 is 0.300 bits per heavy atom. The van der Waals surface area contributed by atoms with Crippen LogP contribution in [-0.4, -0.2) is 0 Å². The van der Waals surface area contributed by atoms with Gasteiger partial charge in [0, 0.05) is 21.1 Å². The van der Waals surface area contributed by atoms with Gasteiger partial charge in [0.15, 0.2) is 0 Å². The molecule has 78 valence electrons. The normalized spacial score (nSPS) is 0. The summed E-state index contributed by atoms with van der Waals surface area (Å²) in [6.07, 6.45) is 0. The van der Waals surface area contributed by atoms with E-state index >= 15 is 0 Å². The Kier molecular flexibility index (Phi) is 2320. The summed E-state index contributed by atoms with van der Waals surface area (Å²) < 4.78 is 0. The van der Waals surface area contributed by atoms with Gasteiger partial charge in [0.2, 0.25) is 0 Å². The van der Waals surface area contributed by atoms with Crippen LogP contribution in [0.4, 0.5) is 0 Å². The summed E-state index contributed by atoms with van der Waals surface area (Å²) in [4.78, 5) is 0. The average molecular weight is 438 g/mol. The SMILES string of the molecule is [Cl-].[Cl-].[Cl-].[Cl-].[Cl-].[Cl-].[Cl-].[Cl-].[Mo].[Ni+2]. The first-order chi connectivity index (χ1) is 0. The Morgan fingerprint density at radius 1 is 0.300 bits per heavy atom. The number of rotatable bonds is 0. The van der Waals surface area contributed by atoms with Gasteiger partial charge in [0.1, 0.15) is 0 Å². The molecule has 0 aliphatic carbocycles. The first-order valence-electron chi connectivity index (χ1n) is 0. The molecule has 10 heavy (non-hydrogen) atoms. The van der Waals surface area contributed by atoms with E-state index in [0.29, 0.717) is 0 Å². The molecule has 0 amide bonds. The van der Waals surface area contributed by atoms with Gasteiger partial charge in [-0.05, 0) is 0 Å². The van der Waals surface area contributed by atoms with E-state index in [1.807, 2.05) is 0 Å². The van der Waals surface area contributed by atoms with Crippen molar-refractivity contribution in [1.82, 2.24) is 0 Å². The molecule has 0 saturated heterocycles. The maximum atomic E-state index is 0. The van der Waals surface area contributed by atoms with Crippen molar-refractivity contribution in [2.45, 2.75) is 0 Å². The van der Waals surface area contributed by atoms with E-state index in [4.69, 9.17) is 0 Å². The molecule has 0 N–H and O–H groups in total. The molecule has 0 nitrogen and oxygen atoms in total. The van der Waals surface area contributed by atoms with Crippen LogP contribution in [0.3, 0.4) is 0 Å². The van der Waals surface area contributed by atoms with Gasteiger partial charge in [-0.1, -0.05) is 0 Å². The summed E-state index contributed by atoms with van der Waals surface area (Å²) in [6.45, 7) is 0. The van der Waals surface area contributed by atoms with Crippen LogP contribution in [0.15, 0.2) is 0 Å². The maximum absolute atomic E-state index is 0. The molecule has 0 radical (unpaired) electrons. The van der Waals surface area contributed by atoms with Gasteiger partial charge in [0.05, 0.1) is 0 Å². The minimum atomic E-state index is 0. The van der Waals surface area contributed by atoms with Crippen molar-refractivity contribution in [3.8, 4) is 0 Å². The molecular formula is Cl8MoNi-6. The van der Waals surface area contributed by atoms with Crippen LogP contribution in [0, 0.1) is 0 Å². The Bertz CT molecular complexity index is 9.22. The Labute approximate surface area is 135 Å². The number of hydrogen-bond acceptors (Lipinski definition) is 0. The van der Waals surface area contributed by atoms with E-state index in [0.717, 1.165) is 0 Å². The summed E-state index contributed by atoms with van der Waals surface area (Å²) in [6, 6.07) is 0. The fraction of sp³-hybridized carbons (Fsp3) is 0. The second-order valence-electron chi connectivity index (χ2n) is 0. The van der Waals surface area contributed by atoms with E-state index in [1.165, 1.54) is 0 Å². The van der Waals surface area contributed by atoms with Gasteiger partial charge in [-0.2, -0.15) is 0 Å². The van der Waals surface area contributed by atoms with Gasteiger partial charge in [0.25, 0.3) is 0 Å². The maximum Gasteiger partial charge on any atom is 2.00 e. The van der Waals surface area contributed by atoms with Gasteiger partial charge >= 0.3 is 16.5 Å². The van der Waals surface area contributed by atoms with Crippen molar-refractivity contribution in [1.29, 1.82) is 0 Å². The van der Waals surface area contributed by atoms with Crippen LogP contribution < -0.4 is 99.3 Å². The van der Waals surface area contributed by atoms with Gasteiger partial charge < -0.3 is 99.3 Å². The van der Waals surface area contributed by atoms with Crippen LogP contribution in [0.5, 0.6) is 0 Å². The predicted octanol–water partition coefficient (Wildman–Crippen LogP) is -24.0. The minimum Gasteiger partial charge on any atom is -1.00 e. The second kappa shape index (κ2) is 135. The molecule has 0 fully saturated rings. The third-order valence-electron chi connectivity index (χ3n) is 0. The Balaban J connectivity index is 0. The van der Waals surface area contributed by atoms with Crippen molar-refractivity contribution in [2.24, 2.45) is 0 Å². The van der Waals surface area contributed by atoms with E-state index < -0.39 is 0 Å². The van der Waals surface area contributed by atoms with Crippen LogP contribution in [0.25, 0.3) is 0 Å². The number of halogens is 8. The summed E-state index contributed by atoms with van der Waals surface area (Å²) in [5.74, 6) is 0. The Morgan fingerprint density at radius 3 is 0.300 bits per heavy atom. The molecule has 0 aliphatic rings. The minimum absolute atomic E-state index is 0. The first-order valence-corrected chi connectivity index (χ1v) is 0. The summed E-state index contributed by atoms with van der Waals surface area (Å²) in [7, 11) is 0. The van der Waals surface area contributed by atoms with Crippen molar-refractivity contribution in [3.05, 3.63) is 0 Å². The Hall–Kier alpha value is 3.50.